The fraction of sp³-hybridized carbons (Fsp3) is 0.583. The van der Waals surface area contributed by atoms with Gasteiger partial charge in [0.15, 0.2) is 5.78 Å². The number of carbonyl (C=O) groups excluding carboxylic acids is 1. The molecule has 1 fully saturated rings. The number of aryl methyl sites for hydroxylation is 1. The third-order valence-corrected chi connectivity index (χ3v) is 3.91. The van der Waals surface area contributed by atoms with Crippen LogP contribution in [0.5, 0.6) is 0 Å². The number of nitrogens with zero attached hydrogens (tertiary/aromatic N) is 1. The highest BCUT2D eigenvalue weighted by atomic mass is 32.1. The average molecular weight is 239 g/mol. The first-order valence-corrected chi connectivity index (χ1v) is 6.40. The van der Waals surface area contributed by atoms with Crippen molar-refractivity contribution in [1.82, 2.24) is 4.90 Å². The van der Waals surface area contributed by atoms with Gasteiger partial charge >= 0.3 is 0 Å². The van der Waals surface area contributed by atoms with Crippen LogP contribution < -0.4 is 0 Å². The lowest BCUT2D eigenvalue weighted by Crippen LogP contribution is -2.45. The Balaban J connectivity index is 1.96. The molecule has 1 aliphatic rings. The molecule has 16 heavy (non-hydrogen) atoms. The summed E-state index contributed by atoms with van der Waals surface area (Å²) >= 11 is 1.58. The van der Waals surface area contributed by atoms with Crippen LogP contribution in [0.4, 0.5) is 0 Å². The van der Waals surface area contributed by atoms with E-state index in [2.05, 4.69) is 11.8 Å². The van der Waals surface area contributed by atoms with Crippen molar-refractivity contribution in [2.24, 2.45) is 0 Å². The second-order valence-corrected chi connectivity index (χ2v) is 5.52. The van der Waals surface area contributed by atoms with E-state index in [0.717, 1.165) is 24.6 Å². The maximum absolute atomic E-state index is 12.0. The molecule has 0 amide bonds. The Labute approximate surface area is 100 Å². The van der Waals surface area contributed by atoms with Crippen LogP contribution >= 0.6 is 11.3 Å². The zero-order valence-corrected chi connectivity index (χ0v) is 10.5. The number of Topliss-reactive ketones (excluding diaryl/α,β-unsaturated/α-hetero) is 1. The summed E-state index contributed by atoms with van der Waals surface area (Å²) in [5.74, 6) is 0.229. The molecule has 0 saturated carbocycles. The van der Waals surface area contributed by atoms with Gasteiger partial charge < -0.3 is 4.74 Å². The van der Waals surface area contributed by atoms with Crippen molar-refractivity contribution in [3.63, 3.8) is 0 Å². The number of hydrogen-bond donors (Lipinski definition) is 0. The summed E-state index contributed by atoms with van der Waals surface area (Å²) in [5, 5.41) is 0. The number of hydrogen-bond acceptors (Lipinski definition) is 4. The van der Waals surface area contributed by atoms with Crippen molar-refractivity contribution < 1.29 is 9.53 Å². The third kappa shape index (κ3) is 2.70. The molecule has 2 heterocycles. The van der Waals surface area contributed by atoms with Crippen LogP contribution in [-0.2, 0) is 4.74 Å². The zero-order valence-electron chi connectivity index (χ0n) is 9.73. The van der Waals surface area contributed by atoms with E-state index in [1.807, 2.05) is 19.1 Å². The predicted octanol–water partition coefficient (Wildman–Crippen LogP) is 1.96. The van der Waals surface area contributed by atoms with Crippen molar-refractivity contribution in [2.45, 2.75) is 19.9 Å². The maximum Gasteiger partial charge on any atom is 0.186 e. The first-order chi connectivity index (χ1) is 7.66. The normalized spacial score (nSPS) is 22.2. The molecule has 88 valence electrons. The Bertz CT molecular complexity index is 375. The summed E-state index contributed by atoms with van der Waals surface area (Å²) in [5.41, 5.74) is 0. The highest BCUT2D eigenvalue weighted by Gasteiger charge is 2.21. The van der Waals surface area contributed by atoms with Gasteiger partial charge in [0.1, 0.15) is 0 Å². The molecule has 4 heteroatoms. The van der Waals surface area contributed by atoms with Crippen LogP contribution in [0.25, 0.3) is 0 Å². The fourth-order valence-electron chi connectivity index (χ4n) is 1.84. The van der Waals surface area contributed by atoms with E-state index in [-0.39, 0.29) is 5.78 Å². The van der Waals surface area contributed by atoms with Crippen LogP contribution in [0.1, 0.15) is 21.5 Å². The van der Waals surface area contributed by atoms with Crippen molar-refractivity contribution in [2.75, 3.05) is 26.3 Å². The Hall–Kier alpha value is -0.710. The molecule has 3 nitrogen and oxygen atoms in total. The number of rotatable bonds is 3. The van der Waals surface area contributed by atoms with E-state index in [0.29, 0.717) is 12.6 Å². The summed E-state index contributed by atoms with van der Waals surface area (Å²) in [6, 6.07) is 4.27. The van der Waals surface area contributed by atoms with Gasteiger partial charge in [0.05, 0.1) is 24.6 Å². The van der Waals surface area contributed by atoms with Crippen LogP contribution in [0.2, 0.25) is 0 Å². The van der Waals surface area contributed by atoms with Crippen LogP contribution in [0, 0.1) is 6.92 Å². The lowest BCUT2D eigenvalue weighted by molar-refractivity contribution is 0.00207. The summed E-state index contributed by atoms with van der Waals surface area (Å²) in [6.45, 7) is 6.98. The van der Waals surface area contributed by atoms with Gasteiger partial charge in [0, 0.05) is 17.5 Å². The van der Waals surface area contributed by atoms with Gasteiger partial charge in [-0.05, 0) is 26.0 Å². The van der Waals surface area contributed by atoms with Gasteiger partial charge in [-0.1, -0.05) is 0 Å². The molecular formula is C12H17NO2S. The summed E-state index contributed by atoms with van der Waals surface area (Å²) in [4.78, 5) is 16.3. The van der Waals surface area contributed by atoms with Crippen molar-refractivity contribution in [3.05, 3.63) is 21.9 Å². The van der Waals surface area contributed by atoms with E-state index < -0.39 is 0 Å². The molecule has 0 aromatic carbocycles. The third-order valence-electron chi connectivity index (χ3n) is 2.87. The van der Waals surface area contributed by atoms with Gasteiger partial charge in [-0.25, -0.2) is 0 Å². The van der Waals surface area contributed by atoms with Gasteiger partial charge in [-0.3, -0.25) is 9.69 Å². The molecule has 0 spiro atoms. The molecule has 1 aromatic heterocycles. The summed E-state index contributed by atoms with van der Waals surface area (Å²) < 4.78 is 5.35. The highest BCUT2D eigenvalue weighted by Crippen LogP contribution is 2.17. The number of thiophene rings is 1. The predicted molar refractivity (Wildman–Crippen MR) is 65.2 cm³/mol. The number of ketones is 1. The van der Waals surface area contributed by atoms with Gasteiger partial charge in [-0.2, -0.15) is 0 Å². The molecule has 0 aliphatic carbocycles. The minimum atomic E-state index is 0.229. The summed E-state index contributed by atoms with van der Waals surface area (Å²) in [6.07, 6.45) is 0. The van der Waals surface area contributed by atoms with Crippen LogP contribution in [0.15, 0.2) is 12.1 Å². The first-order valence-electron chi connectivity index (χ1n) is 5.58. The molecule has 1 aromatic rings. The molecule has 0 radical (unpaired) electrons. The number of morpholine rings is 1. The van der Waals surface area contributed by atoms with Gasteiger partial charge in [0.2, 0.25) is 0 Å². The molecule has 1 aliphatic heterocycles. The average Bonchev–Trinajstić information content (AvgIpc) is 2.68. The Morgan fingerprint density at radius 2 is 2.44 bits per heavy atom. The molecule has 1 atom stereocenters. The topological polar surface area (TPSA) is 29.5 Å². The van der Waals surface area contributed by atoms with E-state index in [1.165, 1.54) is 4.88 Å². The minimum Gasteiger partial charge on any atom is -0.379 e. The lowest BCUT2D eigenvalue weighted by atomic mass is 10.2. The number of carbonyl (C=O) groups is 1. The first kappa shape index (κ1) is 11.8. The smallest absolute Gasteiger partial charge is 0.186 e. The Morgan fingerprint density at radius 3 is 3.06 bits per heavy atom. The molecule has 2 rings (SSSR count). The Morgan fingerprint density at radius 1 is 1.62 bits per heavy atom. The second-order valence-electron chi connectivity index (χ2n) is 4.23. The Kier molecular flexibility index (Phi) is 3.74. The van der Waals surface area contributed by atoms with Gasteiger partial charge in [0.25, 0.3) is 0 Å². The highest BCUT2D eigenvalue weighted by molar-refractivity contribution is 7.14. The van der Waals surface area contributed by atoms with Crippen molar-refractivity contribution >= 4 is 17.1 Å². The van der Waals surface area contributed by atoms with E-state index in [9.17, 15) is 4.79 Å². The molecule has 1 unspecified atom stereocenters. The largest absolute Gasteiger partial charge is 0.379 e. The second kappa shape index (κ2) is 5.08. The van der Waals surface area contributed by atoms with E-state index >= 15 is 0 Å². The van der Waals surface area contributed by atoms with Gasteiger partial charge in [-0.15, -0.1) is 11.3 Å². The molecule has 1 saturated heterocycles. The molecule has 0 bridgehead atoms. The maximum atomic E-state index is 12.0. The SMILES string of the molecule is Cc1ccc(C(=O)CN2CCOCC2C)s1. The molecular weight excluding hydrogens is 222 g/mol. The van der Waals surface area contributed by atoms with Crippen LogP contribution in [-0.4, -0.2) is 43.0 Å². The summed E-state index contributed by atoms with van der Waals surface area (Å²) in [7, 11) is 0. The zero-order chi connectivity index (χ0) is 11.5. The lowest BCUT2D eigenvalue weighted by Gasteiger charge is -2.32. The van der Waals surface area contributed by atoms with Crippen molar-refractivity contribution in [3.8, 4) is 0 Å². The monoisotopic (exact) mass is 239 g/mol. The van der Waals surface area contributed by atoms with Crippen LogP contribution in [0.3, 0.4) is 0 Å². The van der Waals surface area contributed by atoms with Crippen molar-refractivity contribution in [1.29, 1.82) is 0 Å². The van der Waals surface area contributed by atoms with E-state index in [4.69, 9.17) is 4.74 Å². The quantitative estimate of drug-likeness (QED) is 0.755. The number of ether oxygens (including phenoxy) is 1. The molecule has 0 N–H and O–H groups in total. The standard InChI is InChI=1S/C12H17NO2S/c1-9-8-15-6-5-13(9)7-11(14)12-4-3-10(2)16-12/h3-4,9H,5-8H2,1-2H3. The fourth-order valence-corrected chi connectivity index (χ4v) is 2.64. The minimum absolute atomic E-state index is 0.229. The van der Waals surface area contributed by atoms with E-state index in [1.54, 1.807) is 11.3 Å².